The highest BCUT2D eigenvalue weighted by Gasteiger charge is 2.13. The second kappa shape index (κ2) is 6.91. The second-order valence-electron chi connectivity index (χ2n) is 5.14. The van der Waals surface area contributed by atoms with Crippen LogP contribution in [0.4, 0.5) is 5.82 Å². The molecule has 0 unspecified atom stereocenters. The Labute approximate surface area is 129 Å². The molecule has 0 amide bonds. The van der Waals surface area contributed by atoms with Crippen molar-refractivity contribution in [3.05, 3.63) is 42.1 Å². The Hall–Kier alpha value is -2.60. The lowest BCUT2D eigenvalue weighted by Crippen LogP contribution is -2.19. The predicted octanol–water partition coefficient (Wildman–Crippen LogP) is 1.97. The summed E-state index contributed by atoms with van der Waals surface area (Å²) in [5, 5.41) is 9.26. The summed E-state index contributed by atoms with van der Waals surface area (Å²) in [5.41, 5.74) is 6.97. The minimum atomic E-state index is -1.03. The van der Waals surface area contributed by atoms with Gasteiger partial charge in [0.05, 0.1) is 5.56 Å². The average molecular weight is 301 g/mol. The van der Waals surface area contributed by atoms with Crippen LogP contribution in [0.25, 0.3) is 11.1 Å². The second-order valence-corrected chi connectivity index (χ2v) is 5.14. The van der Waals surface area contributed by atoms with Crippen molar-refractivity contribution in [2.45, 2.75) is 0 Å². The van der Waals surface area contributed by atoms with Gasteiger partial charge >= 0.3 is 5.97 Å². The van der Waals surface area contributed by atoms with Crippen molar-refractivity contribution < 1.29 is 14.6 Å². The van der Waals surface area contributed by atoms with Crippen LogP contribution in [0, 0.1) is 0 Å². The first-order valence-corrected chi connectivity index (χ1v) is 6.84. The molecule has 1 aromatic carbocycles. The average Bonchev–Trinajstić information content (AvgIpc) is 2.47. The molecule has 0 atom stereocenters. The van der Waals surface area contributed by atoms with Crippen LogP contribution in [0.3, 0.4) is 0 Å². The third kappa shape index (κ3) is 3.95. The number of likely N-dealkylation sites (N-methyl/N-ethyl adjacent to an activating group) is 1. The summed E-state index contributed by atoms with van der Waals surface area (Å²) in [6.07, 6.45) is 1.47. The van der Waals surface area contributed by atoms with E-state index in [0.717, 1.165) is 17.9 Å². The van der Waals surface area contributed by atoms with Gasteiger partial charge in [0.2, 0.25) is 0 Å². The fourth-order valence-corrected chi connectivity index (χ4v) is 1.96. The Balaban J connectivity index is 2.19. The van der Waals surface area contributed by atoms with Crippen LogP contribution >= 0.6 is 0 Å². The number of benzene rings is 1. The van der Waals surface area contributed by atoms with E-state index < -0.39 is 5.97 Å². The molecule has 2 aromatic rings. The predicted molar refractivity (Wildman–Crippen MR) is 85.1 cm³/mol. The molecule has 1 aromatic heterocycles. The molecule has 2 rings (SSSR count). The molecule has 3 N–H and O–H groups in total. The number of aromatic nitrogens is 1. The van der Waals surface area contributed by atoms with Crippen molar-refractivity contribution in [3.63, 3.8) is 0 Å². The number of pyridine rings is 1. The van der Waals surface area contributed by atoms with Crippen LogP contribution in [0.15, 0.2) is 36.5 Å². The van der Waals surface area contributed by atoms with Gasteiger partial charge in [-0.15, -0.1) is 0 Å². The van der Waals surface area contributed by atoms with Crippen LogP contribution in [0.2, 0.25) is 0 Å². The molecule has 1 heterocycles. The highest BCUT2D eigenvalue weighted by Crippen LogP contribution is 2.26. The van der Waals surface area contributed by atoms with E-state index in [1.807, 2.05) is 43.3 Å². The van der Waals surface area contributed by atoms with Crippen molar-refractivity contribution in [1.29, 1.82) is 0 Å². The molecule has 0 saturated heterocycles. The number of carboxylic acid groups (broad SMARTS) is 1. The van der Waals surface area contributed by atoms with Gasteiger partial charge in [-0.1, -0.05) is 12.1 Å². The van der Waals surface area contributed by atoms with Gasteiger partial charge in [0.15, 0.2) is 0 Å². The van der Waals surface area contributed by atoms with E-state index in [1.165, 1.54) is 12.3 Å². The van der Waals surface area contributed by atoms with Crippen molar-refractivity contribution >= 4 is 11.8 Å². The zero-order valence-corrected chi connectivity index (χ0v) is 12.6. The normalized spacial score (nSPS) is 10.7. The first-order chi connectivity index (χ1) is 10.5. The van der Waals surface area contributed by atoms with Gasteiger partial charge < -0.3 is 20.5 Å². The standard InChI is InChI=1S/C16H19N3O3/c1-19(2)7-8-22-12-5-3-11(4-6-12)14-10-18-15(17)9-13(14)16(20)21/h3-6,9-10H,7-8H2,1-2H3,(H2,17,18)(H,20,21). The number of rotatable bonds is 6. The highest BCUT2D eigenvalue weighted by molar-refractivity contribution is 5.96. The molecule has 22 heavy (non-hydrogen) atoms. The third-order valence-corrected chi connectivity index (χ3v) is 3.13. The largest absolute Gasteiger partial charge is 0.492 e. The molecule has 6 heteroatoms. The smallest absolute Gasteiger partial charge is 0.336 e. The highest BCUT2D eigenvalue weighted by atomic mass is 16.5. The monoisotopic (exact) mass is 301 g/mol. The number of hydrogen-bond donors (Lipinski definition) is 2. The van der Waals surface area contributed by atoms with Gasteiger partial charge in [0.25, 0.3) is 0 Å². The molecule has 0 saturated carbocycles. The number of carboxylic acids is 1. The quantitative estimate of drug-likeness (QED) is 0.848. The van der Waals surface area contributed by atoms with E-state index >= 15 is 0 Å². The van der Waals surface area contributed by atoms with Crippen LogP contribution < -0.4 is 10.5 Å². The Kier molecular flexibility index (Phi) is 4.95. The Bertz CT molecular complexity index is 654. The van der Waals surface area contributed by atoms with Crippen molar-refractivity contribution in [2.75, 3.05) is 33.0 Å². The van der Waals surface area contributed by atoms with Gasteiger partial charge in [-0.2, -0.15) is 0 Å². The topological polar surface area (TPSA) is 88.7 Å². The minimum absolute atomic E-state index is 0.133. The van der Waals surface area contributed by atoms with E-state index in [4.69, 9.17) is 10.5 Å². The molecule has 0 aliphatic heterocycles. The molecule has 116 valence electrons. The lowest BCUT2D eigenvalue weighted by Gasteiger charge is -2.12. The van der Waals surface area contributed by atoms with Gasteiger partial charge in [-0.05, 0) is 37.9 Å². The number of ether oxygens (including phenoxy) is 1. The SMILES string of the molecule is CN(C)CCOc1ccc(-c2cnc(N)cc2C(=O)O)cc1. The molecule has 0 bridgehead atoms. The van der Waals surface area contributed by atoms with E-state index in [1.54, 1.807) is 0 Å². The Morgan fingerprint density at radius 1 is 1.32 bits per heavy atom. The first-order valence-electron chi connectivity index (χ1n) is 6.84. The van der Waals surface area contributed by atoms with Crippen molar-refractivity contribution in [1.82, 2.24) is 9.88 Å². The molecule has 0 radical (unpaired) electrons. The fourth-order valence-electron chi connectivity index (χ4n) is 1.96. The number of anilines is 1. The third-order valence-electron chi connectivity index (χ3n) is 3.13. The first kappa shape index (κ1) is 15.8. The molecular formula is C16H19N3O3. The maximum Gasteiger partial charge on any atom is 0.336 e. The number of carbonyl (C=O) groups is 1. The van der Waals surface area contributed by atoms with Crippen LogP contribution in [-0.4, -0.2) is 48.2 Å². The lowest BCUT2D eigenvalue weighted by atomic mass is 10.0. The Morgan fingerprint density at radius 3 is 2.59 bits per heavy atom. The van der Waals surface area contributed by atoms with Crippen LogP contribution in [0.1, 0.15) is 10.4 Å². The number of aromatic carboxylic acids is 1. The zero-order valence-electron chi connectivity index (χ0n) is 12.6. The fraction of sp³-hybridized carbons (Fsp3) is 0.250. The summed E-state index contributed by atoms with van der Waals surface area (Å²) in [5.74, 6) is -0.105. The van der Waals surface area contributed by atoms with Crippen molar-refractivity contribution in [3.8, 4) is 16.9 Å². The van der Waals surface area contributed by atoms with Crippen LogP contribution in [0.5, 0.6) is 5.75 Å². The summed E-state index contributed by atoms with van der Waals surface area (Å²) < 4.78 is 5.61. The summed E-state index contributed by atoms with van der Waals surface area (Å²) >= 11 is 0. The Morgan fingerprint density at radius 2 is 2.00 bits per heavy atom. The molecule has 0 aliphatic rings. The van der Waals surface area contributed by atoms with E-state index in [2.05, 4.69) is 4.98 Å². The number of nitrogen functional groups attached to an aromatic ring is 1. The van der Waals surface area contributed by atoms with Gasteiger partial charge in [-0.25, -0.2) is 9.78 Å². The molecule has 0 aliphatic carbocycles. The summed E-state index contributed by atoms with van der Waals surface area (Å²) in [4.78, 5) is 17.3. The molecule has 6 nitrogen and oxygen atoms in total. The molecule has 0 fully saturated rings. The maximum absolute atomic E-state index is 11.3. The van der Waals surface area contributed by atoms with E-state index in [0.29, 0.717) is 12.2 Å². The van der Waals surface area contributed by atoms with Gasteiger partial charge in [0, 0.05) is 18.3 Å². The van der Waals surface area contributed by atoms with Crippen LogP contribution in [-0.2, 0) is 0 Å². The maximum atomic E-state index is 11.3. The summed E-state index contributed by atoms with van der Waals surface area (Å²) in [7, 11) is 3.96. The zero-order chi connectivity index (χ0) is 16.1. The van der Waals surface area contributed by atoms with E-state index in [-0.39, 0.29) is 11.4 Å². The lowest BCUT2D eigenvalue weighted by molar-refractivity contribution is 0.0697. The van der Waals surface area contributed by atoms with Crippen molar-refractivity contribution in [2.24, 2.45) is 0 Å². The number of hydrogen-bond acceptors (Lipinski definition) is 5. The van der Waals surface area contributed by atoms with Gasteiger partial charge in [0.1, 0.15) is 18.2 Å². The summed E-state index contributed by atoms with van der Waals surface area (Å²) in [6, 6.07) is 8.61. The minimum Gasteiger partial charge on any atom is -0.492 e. The molecule has 0 spiro atoms. The number of nitrogens with two attached hydrogens (primary N) is 1. The number of nitrogens with zero attached hydrogens (tertiary/aromatic N) is 2. The van der Waals surface area contributed by atoms with E-state index in [9.17, 15) is 9.90 Å². The molecular weight excluding hydrogens is 282 g/mol. The van der Waals surface area contributed by atoms with Gasteiger partial charge in [-0.3, -0.25) is 0 Å². The summed E-state index contributed by atoms with van der Waals surface area (Å²) in [6.45, 7) is 1.42.